The molecule has 0 N–H and O–H groups in total. The largest absolute Gasteiger partial charge is 0.501 e. The quantitative estimate of drug-likeness (QED) is 0.243. The van der Waals surface area contributed by atoms with Gasteiger partial charge in [0.25, 0.3) is 0 Å². The maximum absolute atomic E-state index is 6.17. The van der Waals surface area contributed by atoms with Crippen LogP contribution in [0.5, 0.6) is 0 Å². The van der Waals surface area contributed by atoms with Crippen LogP contribution in [0.3, 0.4) is 0 Å². The van der Waals surface area contributed by atoms with Crippen molar-refractivity contribution >= 4 is 54.0 Å². The average molecular weight is 562 g/mol. The Balaban J connectivity index is 2.84. The van der Waals surface area contributed by atoms with Gasteiger partial charge in [-0.15, -0.1) is 0 Å². The van der Waals surface area contributed by atoms with Gasteiger partial charge in [-0.3, -0.25) is 0 Å². The fourth-order valence-corrected chi connectivity index (χ4v) is 6.10. The van der Waals surface area contributed by atoms with Crippen LogP contribution in [0.15, 0.2) is 18.2 Å². The summed E-state index contributed by atoms with van der Waals surface area (Å²) in [6.45, 7) is 8.51. The molecule has 0 aliphatic rings. The number of halogens is 2. The first-order valence-electron chi connectivity index (χ1n) is 8.42. The molecule has 1 aromatic rings. The SMILES string of the molecule is CCCO[Si](CCc1cc(I)ccc1I)(OCCC)OCCC. The van der Waals surface area contributed by atoms with Crippen LogP contribution in [-0.2, 0) is 19.7 Å². The molecule has 0 fully saturated rings. The summed E-state index contributed by atoms with van der Waals surface area (Å²) < 4.78 is 21.1. The van der Waals surface area contributed by atoms with E-state index in [1.54, 1.807) is 0 Å². The Morgan fingerprint density at radius 2 is 1.39 bits per heavy atom. The van der Waals surface area contributed by atoms with Crippen molar-refractivity contribution in [3.63, 3.8) is 0 Å². The molecule has 23 heavy (non-hydrogen) atoms. The minimum atomic E-state index is -2.59. The van der Waals surface area contributed by atoms with Crippen molar-refractivity contribution in [2.24, 2.45) is 0 Å². The Morgan fingerprint density at radius 3 is 1.87 bits per heavy atom. The van der Waals surface area contributed by atoms with Crippen molar-refractivity contribution in [1.82, 2.24) is 0 Å². The first-order chi connectivity index (χ1) is 11.1. The van der Waals surface area contributed by atoms with Crippen molar-refractivity contribution in [3.05, 3.63) is 30.9 Å². The minimum absolute atomic E-state index is 0.711. The Labute approximate surface area is 169 Å². The molecule has 0 saturated heterocycles. The summed E-state index contributed by atoms with van der Waals surface area (Å²) in [7, 11) is -2.59. The molecule has 0 amide bonds. The highest BCUT2D eigenvalue weighted by atomic mass is 127. The zero-order chi connectivity index (χ0) is 17.1. The van der Waals surface area contributed by atoms with Gasteiger partial charge >= 0.3 is 8.80 Å². The van der Waals surface area contributed by atoms with E-state index in [1.165, 1.54) is 12.7 Å². The van der Waals surface area contributed by atoms with Crippen LogP contribution in [0, 0.1) is 7.14 Å². The molecule has 132 valence electrons. The number of rotatable bonds is 12. The molecule has 0 aromatic heterocycles. The van der Waals surface area contributed by atoms with Crippen LogP contribution >= 0.6 is 45.2 Å². The molecule has 0 heterocycles. The maximum atomic E-state index is 6.17. The molecule has 0 radical (unpaired) electrons. The predicted molar refractivity (Wildman–Crippen MR) is 115 cm³/mol. The monoisotopic (exact) mass is 562 g/mol. The average Bonchev–Trinajstić information content (AvgIpc) is 2.56. The lowest BCUT2D eigenvalue weighted by Crippen LogP contribution is -2.47. The third-order valence-electron chi connectivity index (χ3n) is 3.29. The van der Waals surface area contributed by atoms with Crippen LogP contribution in [0.4, 0.5) is 0 Å². The highest BCUT2D eigenvalue weighted by Crippen LogP contribution is 2.24. The van der Waals surface area contributed by atoms with Gasteiger partial charge in [0, 0.05) is 33.0 Å². The fraction of sp³-hybridized carbons (Fsp3) is 0.647. The van der Waals surface area contributed by atoms with Gasteiger partial charge in [0.15, 0.2) is 0 Å². The number of hydrogen-bond donors (Lipinski definition) is 0. The van der Waals surface area contributed by atoms with E-state index in [9.17, 15) is 0 Å². The van der Waals surface area contributed by atoms with Gasteiger partial charge in [-0.25, -0.2) is 0 Å². The molecule has 0 saturated carbocycles. The van der Waals surface area contributed by atoms with Crippen molar-refractivity contribution in [3.8, 4) is 0 Å². The standard InChI is InChI=1S/C17H28I2O3Si/c1-4-10-20-23(21-11-5-2,22-12-6-3)13-9-15-14-16(18)7-8-17(15)19/h7-8,14H,4-6,9-13H2,1-3H3. The smallest absolute Gasteiger partial charge is 0.373 e. The summed E-state index contributed by atoms with van der Waals surface area (Å²) in [5.41, 5.74) is 1.36. The Bertz CT molecular complexity index is 436. The Morgan fingerprint density at radius 1 is 0.870 bits per heavy atom. The third-order valence-corrected chi connectivity index (χ3v) is 7.80. The molecule has 0 unspecified atom stereocenters. The molecule has 0 atom stereocenters. The molecule has 1 rings (SSSR count). The van der Waals surface area contributed by atoms with Gasteiger partial charge in [0.1, 0.15) is 0 Å². The molecular weight excluding hydrogens is 534 g/mol. The summed E-state index contributed by atoms with van der Waals surface area (Å²) in [6, 6.07) is 7.42. The highest BCUT2D eigenvalue weighted by Gasteiger charge is 2.40. The Hall–Kier alpha value is 0.777. The van der Waals surface area contributed by atoms with E-state index in [0.717, 1.165) is 31.7 Å². The summed E-state index contributed by atoms with van der Waals surface area (Å²) in [5.74, 6) is 0. The lowest BCUT2D eigenvalue weighted by Gasteiger charge is -2.29. The normalized spacial score (nSPS) is 11.9. The second kappa shape index (κ2) is 12.2. The Kier molecular flexibility index (Phi) is 11.6. The minimum Gasteiger partial charge on any atom is -0.373 e. The zero-order valence-electron chi connectivity index (χ0n) is 14.4. The van der Waals surface area contributed by atoms with Gasteiger partial charge in [0.2, 0.25) is 0 Å². The van der Waals surface area contributed by atoms with Crippen molar-refractivity contribution in [1.29, 1.82) is 0 Å². The highest BCUT2D eigenvalue weighted by molar-refractivity contribution is 14.1. The maximum Gasteiger partial charge on any atom is 0.501 e. The summed E-state index contributed by atoms with van der Waals surface area (Å²) in [4.78, 5) is 0. The van der Waals surface area contributed by atoms with Crippen LogP contribution in [0.1, 0.15) is 45.6 Å². The van der Waals surface area contributed by atoms with Gasteiger partial charge in [-0.2, -0.15) is 0 Å². The number of benzene rings is 1. The zero-order valence-corrected chi connectivity index (χ0v) is 19.7. The van der Waals surface area contributed by atoms with Gasteiger partial charge in [-0.05, 0) is 94.6 Å². The molecule has 1 aromatic carbocycles. The van der Waals surface area contributed by atoms with E-state index in [1.807, 2.05) is 0 Å². The number of aryl methyl sites for hydroxylation is 1. The molecule has 0 aliphatic heterocycles. The molecule has 6 heteroatoms. The first-order valence-corrected chi connectivity index (χ1v) is 12.5. The van der Waals surface area contributed by atoms with Crippen LogP contribution in [-0.4, -0.2) is 28.6 Å². The molecule has 0 spiro atoms. The molecule has 3 nitrogen and oxygen atoms in total. The predicted octanol–water partition coefficient (Wildman–Crippen LogP) is 5.66. The van der Waals surface area contributed by atoms with Gasteiger partial charge in [-0.1, -0.05) is 20.8 Å². The van der Waals surface area contributed by atoms with E-state index >= 15 is 0 Å². The van der Waals surface area contributed by atoms with Crippen molar-refractivity contribution in [2.45, 2.75) is 52.5 Å². The topological polar surface area (TPSA) is 27.7 Å². The first kappa shape index (κ1) is 21.8. The summed E-state index contributed by atoms with van der Waals surface area (Å²) in [6.07, 6.45) is 3.90. The lowest BCUT2D eigenvalue weighted by atomic mass is 10.2. The van der Waals surface area contributed by atoms with E-state index in [0.29, 0.717) is 19.8 Å². The van der Waals surface area contributed by atoms with Crippen molar-refractivity contribution in [2.75, 3.05) is 19.8 Å². The van der Waals surface area contributed by atoms with E-state index in [4.69, 9.17) is 13.3 Å². The second-order valence-corrected chi connectivity index (χ2v) is 10.6. The van der Waals surface area contributed by atoms with Gasteiger partial charge in [0.05, 0.1) is 0 Å². The second-order valence-electron chi connectivity index (χ2n) is 5.46. The summed E-state index contributed by atoms with van der Waals surface area (Å²) in [5, 5.41) is 0. The number of hydrogen-bond acceptors (Lipinski definition) is 3. The van der Waals surface area contributed by atoms with E-state index in [2.05, 4.69) is 84.2 Å². The molecule has 0 bridgehead atoms. The van der Waals surface area contributed by atoms with Crippen molar-refractivity contribution < 1.29 is 13.3 Å². The third kappa shape index (κ3) is 8.13. The summed E-state index contributed by atoms with van der Waals surface area (Å²) >= 11 is 4.77. The lowest BCUT2D eigenvalue weighted by molar-refractivity contribution is 0.0593. The van der Waals surface area contributed by atoms with E-state index in [-0.39, 0.29) is 0 Å². The molecular formula is C17H28I2O3Si. The van der Waals surface area contributed by atoms with Crippen LogP contribution in [0.25, 0.3) is 0 Å². The van der Waals surface area contributed by atoms with E-state index < -0.39 is 8.80 Å². The van der Waals surface area contributed by atoms with Crippen LogP contribution in [0.2, 0.25) is 6.04 Å². The fourth-order valence-electron chi connectivity index (χ4n) is 2.14. The van der Waals surface area contributed by atoms with Crippen LogP contribution < -0.4 is 0 Å². The van der Waals surface area contributed by atoms with Gasteiger partial charge < -0.3 is 13.3 Å². The molecule has 0 aliphatic carbocycles.